The Morgan fingerprint density at radius 3 is 2.77 bits per heavy atom. The highest BCUT2D eigenvalue weighted by molar-refractivity contribution is 6.05. The van der Waals surface area contributed by atoms with Gasteiger partial charge in [0, 0.05) is 30.4 Å². The van der Waals surface area contributed by atoms with E-state index in [1.165, 1.54) is 6.07 Å². The fraction of sp³-hybridized carbons (Fsp3) is 0.350. The fourth-order valence-corrected chi connectivity index (χ4v) is 3.41. The molecule has 136 valence electrons. The second-order valence-corrected chi connectivity index (χ2v) is 6.98. The van der Waals surface area contributed by atoms with Crippen LogP contribution < -0.4 is 10.2 Å². The van der Waals surface area contributed by atoms with Crippen LogP contribution in [-0.4, -0.2) is 23.9 Å². The summed E-state index contributed by atoms with van der Waals surface area (Å²) in [5.74, 6) is 0.157. The smallest absolute Gasteiger partial charge is 0.293 e. The van der Waals surface area contributed by atoms with Crippen LogP contribution >= 0.6 is 0 Å². The van der Waals surface area contributed by atoms with Crippen LogP contribution in [0.3, 0.4) is 0 Å². The lowest BCUT2D eigenvalue weighted by Crippen LogP contribution is -2.34. The van der Waals surface area contributed by atoms with Crippen molar-refractivity contribution in [1.29, 1.82) is 0 Å². The summed E-state index contributed by atoms with van der Waals surface area (Å²) in [7, 11) is 0. The van der Waals surface area contributed by atoms with E-state index in [-0.39, 0.29) is 17.2 Å². The van der Waals surface area contributed by atoms with Crippen molar-refractivity contribution in [2.45, 2.75) is 26.7 Å². The van der Waals surface area contributed by atoms with Gasteiger partial charge in [-0.25, -0.2) is 0 Å². The van der Waals surface area contributed by atoms with Gasteiger partial charge in [-0.05, 0) is 55.5 Å². The first-order chi connectivity index (χ1) is 12.4. The number of nitrogens with zero attached hydrogens (tertiary/aromatic N) is 2. The molecular formula is C20H23N3O3. The van der Waals surface area contributed by atoms with Crippen molar-refractivity contribution in [3.63, 3.8) is 0 Å². The quantitative estimate of drug-likeness (QED) is 0.653. The van der Waals surface area contributed by atoms with Crippen molar-refractivity contribution in [3.8, 4) is 0 Å². The van der Waals surface area contributed by atoms with Gasteiger partial charge in [0.05, 0.1) is 4.92 Å². The van der Waals surface area contributed by atoms with Gasteiger partial charge in [0.1, 0.15) is 5.69 Å². The lowest BCUT2D eigenvalue weighted by atomic mass is 9.99. The monoisotopic (exact) mass is 353 g/mol. The molecule has 0 aliphatic carbocycles. The van der Waals surface area contributed by atoms with Crippen molar-refractivity contribution in [3.05, 3.63) is 63.7 Å². The molecule has 1 aliphatic rings. The Bertz CT molecular complexity index is 835. The number of anilines is 2. The molecule has 0 unspecified atom stereocenters. The Labute approximate surface area is 153 Å². The minimum absolute atomic E-state index is 0.0176. The Hall–Kier alpha value is -2.89. The van der Waals surface area contributed by atoms with Crippen molar-refractivity contribution in [1.82, 2.24) is 0 Å². The summed E-state index contributed by atoms with van der Waals surface area (Å²) in [5, 5.41) is 14.4. The SMILES string of the molecule is Cc1cccc(NC(=O)c2ccc(N3CCC[C@@H](C)C3)c([N+](=O)[O-])c2)c1. The molecule has 1 saturated heterocycles. The van der Waals surface area contributed by atoms with E-state index >= 15 is 0 Å². The molecule has 1 atom stereocenters. The first kappa shape index (κ1) is 17.9. The highest BCUT2D eigenvalue weighted by Gasteiger charge is 2.25. The number of nitrogens with one attached hydrogen (secondary N) is 1. The summed E-state index contributed by atoms with van der Waals surface area (Å²) in [6.07, 6.45) is 2.16. The lowest BCUT2D eigenvalue weighted by molar-refractivity contribution is -0.384. The van der Waals surface area contributed by atoms with Gasteiger partial charge < -0.3 is 10.2 Å². The van der Waals surface area contributed by atoms with Crippen LogP contribution in [0.4, 0.5) is 17.1 Å². The molecule has 2 aromatic carbocycles. The Kier molecular flexibility index (Phi) is 5.21. The predicted molar refractivity (Wildman–Crippen MR) is 103 cm³/mol. The van der Waals surface area contributed by atoms with Crippen molar-refractivity contribution >= 4 is 23.0 Å². The number of piperidine rings is 1. The molecule has 3 rings (SSSR count). The number of nitro benzene ring substituents is 1. The van der Waals surface area contributed by atoms with Gasteiger partial charge in [0.25, 0.3) is 11.6 Å². The van der Waals surface area contributed by atoms with E-state index in [1.807, 2.05) is 25.1 Å². The fourth-order valence-electron chi connectivity index (χ4n) is 3.41. The zero-order valence-corrected chi connectivity index (χ0v) is 15.1. The third-order valence-corrected chi connectivity index (χ3v) is 4.71. The highest BCUT2D eigenvalue weighted by Crippen LogP contribution is 2.32. The molecule has 0 bridgehead atoms. The molecule has 0 saturated carbocycles. The number of nitro groups is 1. The van der Waals surface area contributed by atoms with Gasteiger partial charge in [0.15, 0.2) is 0 Å². The van der Waals surface area contributed by atoms with Crippen LogP contribution in [-0.2, 0) is 0 Å². The summed E-state index contributed by atoms with van der Waals surface area (Å²) in [4.78, 5) is 25.7. The first-order valence-electron chi connectivity index (χ1n) is 8.85. The van der Waals surface area contributed by atoms with E-state index in [9.17, 15) is 14.9 Å². The molecule has 2 aromatic rings. The molecule has 1 N–H and O–H groups in total. The highest BCUT2D eigenvalue weighted by atomic mass is 16.6. The summed E-state index contributed by atoms with van der Waals surface area (Å²) in [6, 6.07) is 12.2. The van der Waals surface area contributed by atoms with Crippen LogP contribution in [0, 0.1) is 23.0 Å². The molecule has 0 aromatic heterocycles. The van der Waals surface area contributed by atoms with Crippen LogP contribution in [0.2, 0.25) is 0 Å². The van der Waals surface area contributed by atoms with E-state index in [4.69, 9.17) is 0 Å². The molecule has 1 fully saturated rings. The number of carbonyl (C=O) groups excluding carboxylic acids is 1. The molecule has 1 aliphatic heterocycles. The van der Waals surface area contributed by atoms with Crippen molar-refractivity contribution < 1.29 is 9.72 Å². The number of carbonyl (C=O) groups is 1. The number of hydrogen-bond donors (Lipinski definition) is 1. The van der Waals surface area contributed by atoms with Gasteiger partial charge in [-0.2, -0.15) is 0 Å². The zero-order chi connectivity index (χ0) is 18.7. The average Bonchev–Trinajstić information content (AvgIpc) is 2.61. The second-order valence-electron chi connectivity index (χ2n) is 6.98. The van der Waals surface area contributed by atoms with Crippen LogP contribution in [0.15, 0.2) is 42.5 Å². The number of aryl methyl sites for hydroxylation is 1. The topological polar surface area (TPSA) is 75.5 Å². The first-order valence-corrected chi connectivity index (χ1v) is 8.85. The molecule has 1 heterocycles. The number of hydrogen-bond acceptors (Lipinski definition) is 4. The van der Waals surface area contributed by atoms with E-state index in [2.05, 4.69) is 17.1 Å². The van der Waals surface area contributed by atoms with Crippen LogP contribution in [0.5, 0.6) is 0 Å². The Morgan fingerprint density at radius 2 is 2.08 bits per heavy atom. The van der Waals surface area contributed by atoms with E-state index in [0.717, 1.165) is 31.5 Å². The number of rotatable bonds is 4. The van der Waals surface area contributed by atoms with E-state index in [0.29, 0.717) is 17.3 Å². The summed E-state index contributed by atoms with van der Waals surface area (Å²) in [5.41, 5.74) is 2.56. The molecular weight excluding hydrogens is 330 g/mol. The lowest BCUT2D eigenvalue weighted by Gasteiger charge is -2.32. The minimum Gasteiger partial charge on any atom is -0.366 e. The van der Waals surface area contributed by atoms with Gasteiger partial charge in [0.2, 0.25) is 0 Å². The molecule has 1 amide bonds. The number of amides is 1. The molecule has 26 heavy (non-hydrogen) atoms. The van der Waals surface area contributed by atoms with Crippen LogP contribution in [0.1, 0.15) is 35.7 Å². The van der Waals surface area contributed by atoms with Crippen LogP contribution in [0.25, 0.3) is 0 Å². The van der Waals surface area contributed by atoms with Gasteiger partial charge >= 0.3 is 0 Å². The Morgan fingerprint density at radius 1 is 1.27 bits per heavy atom. The largest absolute Gasteiger partial charge is 0.366 e. The summed E-state index contributed by atoms with van der Waals surface area (Å²) >= 11 is 0. The third-order valence-electron chi connectivity index (χ3n) is 4.71. The normalized spacial score (nSPS) is 17.0. The predicted octanol–water partition coefficient (Wildman–Crippen LogP) is 4.39. The Balaban J connectivity index is 1.86. The third kappa shape index (κ3) is 4.02. The van der Waals surface area contributed by atoms with Crippen molar-refractivity contribution in [2.75, 3.05) is 23.3 Å². The summed E-state index contributed by atoms with van der Waals surface area (Å²) in [6.45, 7) is 5.70. The van der Waals surface area contributed by atoms with E-state index < -0.39 is 4.92 Å². The van der Waals surface area contributed by atoms with E-state index in [1.54, 1.807) is 18.2 Å². The average molecular weight is 353 g/mol. The maximum absolute atomic E-state index is 12.5. The molecule has 6 nitrogen and oxygen atoms in total. The van der Waals surface area contributed by atoms with Gasteiger partial charge in [-0.1, -0.05) is 19.1 Å². The molecule has 0 spiro atoms. The standard InChI is InChI=1S/C20H23N3O3/c1-14-5-3-7-17(11-14)21-20(24)16-8-9-18(19(12-16)23(25)26)22-10-4-6-15(2)13-22/h3,5,7-9,11-12,15H,4,6,10,13H2,1-2H3,(H,21,24)/t15-/m1/s1. The zero-order valence-electron chi connectivity index (χ0n) is 15.1. The van der Waals surface area contributed by atoms with Crippen molar-refractivity contribution in [2.24, 2.45) is 5.92 Å². The molecule has 6 heteroatoms. The maximum atomic E-state index is 12.5. The number of benzene rings is 2. The van der Waals surface area contributed by atoms with Gasteiger partial charge in [-0.3, -0.25) is 14.9 Å². The maximum Gasteiger partial charge on any atom is 0.293 e. The minimum atomic E-state index is -0.405. The second kappa shape index (κ2) is 7.56. The summed E-state index contributed by atoms with van der Waals surface area (Å²) < 4.78 is 0. The molecule has 0 radical (unpaired) electrons. The van der Waals surface area contributed by atoms with Gasteiger partial charge in [-0.15, -0.1) is 0 Å².